The highest BCUT2D eigenvalue weighted by Gasteiger charge is 2.30. The zero-order valence-corrected chi connectivity index (χ0v) is 8.36. The summed E-state index contributed by atoms with van der Waals surface area (Å²) >= 11 is 0. The van der Waals surface area contributed by atoms with E-state index in [1.54, 1.807) is 6.40 Å². The van der Waals surface area contributed by atoms with Crippen molar-refractivity contribution in [1.29, 1.82) is 0 Å². The second-order valence-electron chi connectivity index (χ2n) is 3.32. The van der Waals surface area contributed by atoms with E-state index in [9.17, 15) is 0 Å². The highest BCUT2D eigenvalue weighted by molar-refractivity contribution is 5.50. The topological polar surface area (TPSA) is 21.6 Å². The smallest absolute Gasteiger partial charge is 0.170 e. The number of hydrogen-bond donors (Lipinski definition) is 0. The Morgan fingerprint density at radius 2 is 1.92 bits per heavy atom. The van der Waals surface area contributed by atoms with Crippen LogP contribution in [-0.2, 0) is 4.74 Å². The van der Waals surface area contributed by atoms with E-state index in [1.807, 2.05) is 13.8 Å². The summed E-state index contributed by atoms with van der Waals surface area (Å²) in [5, 5.41) is 0. The van der Waals surface area contributed by atoms with Gasteiger partial charge in [0.2, 0.25) is 0 Å². The Morgan fingerprint density at radius 3 is 2.31 bits per heavy atom. The van der Waals surface area contributed by atoms with Crippen molar-refractivity contribution in [3.63, 3.8) is 0 Å². The van der Waals surface area contributed by atoms with Crippen LogP contribution in [0.2, 0.25) is 0 Å². The second kappa shape index (κ2) is 4.85. The molecule has 0 aromatic heterocycles. The second-order valence-corrected chi connectivity index (χ2v) is 3.32. The van der Waals surface area contributed by atoms with Gasteiger partial charge in [0.1, 0.15) is 12.1 Å². The van der Waals surface area contributed by atoms with Crippen molar-refractivity contribution >= 4 is 6.40 Å². The van der Waals surface area contributed by atoms with Crippen LogP contribution in [0.15, 0.2) is 29.3 Å². The Balaban J connectivity index is 2.58. The normalized spacial score (nSPS) is 20.2. The van der Waals surface area contributed by atoms with Gasteiger partial charge in [0.15, 0.2) is 6.40 Å². The molecule has 0 atom stereocenters. The van der Waals surface area contributed by atoms with Gasteiger partial charge in [0.05, 0.1) is 0 Å². The number of aliphatic imine (C=N–C) groups is 1. The third kappa shape index (κ3) is 2.72. The molecule has 0 saturated carbocycles. The summed E-state index contributed by atoms with van der Waals surface area (Å²) < 4.78 is 5.20. The van der Waals surface area contributed by atoms with E-state index < -0.39 is 0 Å². The van der Waals surface area contributed by atoms with Crippen LogP contribution in [0.1, 0.15) is 26.7 Å². The molecule has 0 fully saturated rings. The molecule has 0 saturated heterocycles. The maximum atomic E-state index is 5.20. The highest BCUT2D eigenvalue weighted by Crippen LogP contribution is 2.25. The van der Waals surface area contributed by atoms with Gasteiger partial charge in [-0.2, -0.15) is 0 Å². The first-order chi connectivity index (χ1) is 6.33. The fourth-order valence-electron chi connectivity index (χ4n) is 1.36. The minimum Gasteiger partial charge on any atom is -0.481 e. The van der Waals surface area contributed by atoms with Crippen LogP contribution in [0.5, 0.6) is 0 Å². The molecule has 1 aliphatic heterocycles. The average molecular weight is 179 g/mol. The maximum Gasteiger partial charge on any atom is 0.170 e. The van der Waals surface area contributed by atoms with Gasteiger partial charge < -0.3 is 4.74 Å². The van der Waals surface area contributed by atoms with Gasteiger partial charge in [-0.1, -0.05) is 24.3 Å². The SMILES string of the molecule is C/C=C/CC1(C/C=C/C)COC=N1. The third-order valence-corrected chi connectivity index (χ3v) is 2.22. The quantitative estimate of drug-likeness (QED) is 0.608. The molecule has 0 spiro atoms. The molecule has 0 aromatic carbocycles. The Labute approximate surface area is 80.0 Å². The molecule has 1 heterocycles. The first-order valence-electron chi connectivity index (χ1n) is 4.70. The molecule has 2 heteroatoms. The summed E-state index contributed by atoms with van der Waals surface area (Å²) in [6.07, 6.45) is 11.9. The van der Waals surface area contributed by atoms with Crippen LogP contribution in [0.25, 0.3) is 0 Å². The first-order valence-corrected chi connectivity index (χ1v) is 4.70. The number of ether oxygens (including phenoxy) is 1. The van der Waals surface area contributed by atoms with E-state index in [-0.39, 0.29) is 5.54 Å². The van der Waals surface area contributed by atoms with Gasteiger partial charge >= 0.3 is 0 Å². The molecular formula is C11H17NO. The highest BCUT2D eigenvalue weighted by atomic mass is 16.5. The van der Waals surface area contributed by atoms with E-state index in [2.05, 4.69) is 29.3 Å². The largest absolute Gasteiger partial charge is 0.481 e. The third-order valence-electron chi connectivity index (χ3n) is 2.22. The number of nitrogens with zero attached hydrogens (tertiary/aromatic N) is 1. The first kappa shape index (κ1) is 10.0. The molecule has 0 aromatic rings. The zero-order valence-electron chi connectivity index (χ0n) is 8.36. The summed E-state index contributed by atoms with van der Waals surface area (Å²) in [6, 6.07) is 0. The van der Waals surface area contributed by atoms with Crippen molar-refractivity contribution in [1.82, 2.24) is 0 Å². The fourth-order valence-corrected chi connectivity index (χ4v) is 1.36. The van der Waals surface area contributed by atoms with E-state index in [0.29, 0.717) is 6.61 Å². The summed E-state index contributed by atoms with van der Waals surface area (Å²) in [5.74, 6) is 0. The van der Waals surface area contributed by atoms with Crippen LogP contribution in [0.4, 0.5) is 0 Å². The summed E-state index contributed by atoms with van der Waals surface area (Å²) in [5.41, 5.74) is -0.0288. The van der Waals surface area contributed by atoms with Crippen LogP contribution < -0.4 is 0 Å². The van der Waals surface area contributed by atoms with Crippen molar-refractivity contribution in [3.8, 4) is 0 Å². The molecule has 0 aliphatic carbocycles. The van der Waals surface area contributed by atoms with Crippen LogP contribution in [0, 0.1) is 0 Å². The summed E-state index contributed by atoms with van der Waals surface area (Å²) in [4.78, 5) is 4.39. The maximum absolute atomic E-state index is 5.20. The molecule has 2 nitrogen and oxygen atoms in total. The minimum atomic E-state index is -0.0288. The molecule has 72 valence electrons. The van der Waals surface area contributed by atoms with Crippen LogP contribution in [0.3, 0.4) is 0 Å². The van der Waals surface area contributed by atoms with Crippen molar-refractivity contribution in [3.05, 3.63) is 24.3 Å². The van der Waals surface area contributed by atoms with Gasteiger partial charge in [-0.15, -0.1) is 0 Å². The average Bonchev–Trinajstić information content (AvgIpc) is 2.61. The Morgan fingerprint density at radius 1 is 1.31 bits per heavy atom. The fraction of sp³-hybridized carbons (Fsp3) is 0.545. The number of allylic oxidation sites excluding steroid dienone is 2. The van der Waals surface area contributed by atoms with E-state index >= 15 is 0 Å². The lowest BCUT2D eigenvalue weighted by Crippen LogP contribution is -2.26. The Hall–Kier alpha value is -1.05. The molecule has 1 aliphatic rings. The molecule has 1 rings (SSSR count). The standard InChI is InChI=1S/C11H17NO/c1-3-5-7-11(8-6-4-2)9-13-10-12-11/h3-6,10H,7-9H2,1-2H3/b5-3+,6-4+. The van der Waals surface area contributed by atoms with Crippen molar-refractivity contribution < 1.29 is 4.74 Å². The van der Waals surface area contributed by atoms with Gasteiger partial charge in [-0.05, 0) is 26.7 Å². The predicted octanol–water partition coefficient (Wildman–Crippen LogP) is 2.72. The van der Waals surface area contributed by atoms with E-state index in [4.69, 9.17) is 4.74 Å². The van der Waals surface area contributed by atoms with Crippen LogP contribution in [-0.4, -0.2) is 18.5 Å². The molecule has 0 N–H and O–H groups in total. The van der Waals surface area contributed by atoms with Gasteiger partial charge in [-0.3, -0.25) is 0 Å². The lowest BCUT2D eigenvalue weighted by molar-refractivity contribution is 0.262. The molecule has 13 heavy (non-hydrogen) atoms. The van der Waals surface area contributed by atoms with E-state index in [0.717, 1.165) is 12.8 Å². The molecule has 0 radical (unpaired) electrons. The molecule has 0 amide bonds. The van der Waals surface area contributed by atoms with Crippen molar-refractivity contribution in [2.75, 3.05) is 6.61 Å². The zero-order chi connectivity index (χ0) is 9.57. The van der Waals surface area contributed by atoms with Gasteiger partial charge in [0.25, 0.3) is 0 Å². The van der Waals surface area contributed by atoms with Gasteiger partial charge in [0, 0.05) is 0 Å². The molecular weight excluding hydrogens is 162 g/mol. The minimum absolute atomic E-state index is 0.0288. The predicted molar refractivity (Wildman–Crippen MR) is 56.0 cm³/mol. The monoisotopic (exact) mass is 179 g/mol. The Bertz CT molecular complexity index is 214. The molecule has 0 unspecified atom stereocenters. The molecule has 0 bridgehead atoms. The number of rotatable bonds is 4. The number of hydrogen-bond acceptors (Lipinski definition) is 2. The Kier molecular flexibility index (Phi) is 3.74. The van der Waals surface area contributed by atoms with E-state index in [1.165, 1.54) is 0 Å². The van der Waals surface area contributed by atoms with Gasteiger partial charge in [-0.25, -0.2) is 4.99 Å². The van der Waals surface area contributed by atoms with Crippen molar-refractivity contribution in [2.24, 2.45) is 4.99 Å². The van der Waals surface area contributed by atoms with Crippen molar-refractivity contribution in [2.45, 2.75) is 32.2 Å². The lowest BCUT2D eigenvalue weighted by atomic mass is 9.93. The lowest BCUT2D eigenvalue weighted by Gasteiger charge is -2.20. The van der Waals surface area contributed by atoms with Crippen LogP contribution >= 0.6 is 0 Å². The summed E-state index contributed by atoms with van der Waals surface area (Å²) in [6.45, 7) is 4.77. The summed E-state index contributed by atoms with van der Waals surface area (Å²) in [7, 11) is 0.